The van der Waals surface area contributed by atoms with Crippen molar-refractivity contribution in [3.63, 3.8) is 0 Å². The molecule has 0 aromatic rings. The standard InChI is InChI=1S/C42H84N2/c1-4-7-10-13-16-18-20-22-24-26-29-32-35-38-43-40-41-44(42(43)37-34-31-28-15-12-9-6-3)39-36-33-30-27-25-23-21-19-17-14-11-8-5-2/h40-42H,4-39H2,1-3H3. The van der Waals surface area contributed by atoms with Gasteiger partial charge >= 0.3 is 0 Å². The van der Waals surface area contributed by atoms with Crippen LogP contribution in [0.25, 0.3) is 0 Å². The minimum atomic E-state index is 0.639. The Morgan fingerprint density at radius 3 is 0.795 bits per heavy atom. The fourth-order valence-corrected chi connectivity index (χ4v) is 7.25. The third kappa shape index (κ3) is 25.5. The highest BCUT2D eigenvalue weighted by Gasteiger charge is 2.24. The van der Waals surface area contributed by atoms with Crippen LogP contribution < -0.4 is 0 Å². The monoisotopic (exact) mass is 617 g/mol. The molecule has 0 bridgehead atoms. The highest BCUT2D eigenvalue weighted by molar-refractivity contribution is 4.97. The van der Waals surface area contributed by atoms with E-state index in [-0.39, 0.29) is 0 Å². The molecule has 0 saturated heterocycles. The van der Waals surface area contributed by atoms with Crippen molar-refractivity contribution in [1.82, 2.24) is 9.80 Å². The van der Waals surface area contributed by atoms with E-state index in [1.165, 1.54) is 231 Å². The molecule has 0 spiro atoms. The molecule has 262 valence electrons. The molecule has 1 heterocycles. The highest BCUT2D eigenvalue weighted by Crippen LogP contribution is 2.24. The number of rotatable bonds is 36. The average Bonchev–Trinajstić information content (AvgIpc) is 3.42. The van der Waals surface area contributed by atoms with Gasteiger partial charge in [-0.05, 0) is 25.7 Å². The predicted molar refractivity (Wildman–Crippen MR) is 200 cm³/mol. The SMILES string of the molecule is CCCCCCCCCCCCCCCN1C=CN(CCCCCCCCCCCCCCC)C1CCCCCCCCC. The summed E-state index contributed by atoms with van der Waals surface area (Å²) in [5.41, 5.74) is 0. The topological polar surface area (TPSA) is 6.48 Å². The lowest BCUT2D eigenvalue weighted by Gasteiger charge is -2.33. The van der Waals surface area contributed by atoms with Gasteiger partial charge in [-0.15, -0.1) is 0 Å². The maximum atomic E-state index is 2.72. The zero-order chi connectivity index (χ0) is 31.6. The summed E-state index contributed by atoms with van der Waals surface area (Å²) in [7, 11) is 0. The third-order valence-corrected chi connectivity index (χ3v) is 10.3. The number of hydrogen-bond donors (Lipinski definition) is 0. The van der Waals surface area contributed by atoms with Gasteiger partial charge in [0.1, 0.15) is 6.17 Å². The lowest BCUT2D eigenvalue weighted by atomic mass is 10.0. The van der Waals surface area contributed by atoms with E-state index < -0.39 is 0 Å². The van der Waals surface area contributed by atoms with E-state index in [4.69, 9.17) is 0 Å². The van der Waals surface area contributed by atoms with Crippen molar-refractivity contribution in [1.29, 1.82) is 0 Å². The van der Waals surface area contributed by atoms with Crippen LogP contribution in [0.15, 0.2) is 12.4 Å². The number of nitrogens with zero attached hydrogens (tertiary/aromatic N) is 2. The first kappa shape index (κ1) is 41.4. The summed E-state index contributed by atoms with van der Waals surface area (Å²) in [5, 5.41) is 0. The molecule has 0 fully saturated rings. The highest BCUT2D eigenvalue weighted by atomic mass is 15.4. The Morgan fingerprint density at radius 1 is 0.295 bits per heavy atom. The Labute approximate surface area is 280 Å². The Morgan fingerprint density at radius 2 is 0.523 bits per heavy atom. The number of hydrogen-bond acceptors (Lipinski definition) is 2. The Balaban J connectivity index is 2.17. The van der Waals surface area contributed by atoms with Gasteiger partial charge in [0.25, 0.3) is 0 Å². The molecule has 0 atom stereocenters. The normalized spacial score (nSPS) is 13.6. The second kappa shape index (κ2) is 33.7. The van der Waals surface area contributed by atoms with Crippen molar-refractivity contribution >= 4 is 0 Å². The van der Waals surface area contributed by atoms with E-state index in [1.807, 2.05) is 0 Å². The summed E-state index contributed by atoms with van der Waals surface area (Å²) in [4.78, 5) is 5.44. The van der Waals surface area contributed by atoms with Crippen LogP contribution in [-0.2, 0) is 0 Å². The van der Waals surface area contributed by atoms with Crippen LogP contribution in [0, 0.1) is 0 Å². The summed E-state index contributed by atoms with van der Waals surface area (Å²) in [6.45, 7) is 9.49. The first-order valence-corrected chi connectivity index (χ1v) is 21.0. The molecule has 0 N–H and O–H groups in total. The second-order valence-electron chi connectivity index (χ2n) is 14.6. The van der Waals surface area contributed by atoms with Gasteiger partial charge in [0, 0.05) is 25.5 Å². The maximum Gasteiger partial charge on any atom is 0.101 e. The van der Waals surface area contributed by atoms with Crippen LogP contribution in [0.3, 0.4) is 0 Å². The molecule has 44 heavy (non-hydrogen) atoms. The molecule has 1 aliphatic heterocycles. The molecule has 2 nitrogen and oxygen atoms in total. The minimum absolute atomic E-state index is 0.639. The molecule has 0 aromatic heterocycles. The molecule has 0 aliphatic carbocycles. The summed E-state index contributed by atoms with van der Waals surface area (Å²) in [6.07, 6.45) is 54.4. The van der Waals surface area contributed by atoms with Gasteiger partial charge in [0.05, 0.1) is 0 Å². The molecule has 0 saturated carbocycles. The molecular weight excluding hydrogens is 532 g/mol. The Kier molecular flexibility index (Phi) is 31.7. The Hall–Kier alpha value is -0.660. The van der Waals surface area contributed by atoms with Crippen molar-refractivity contribution < 1.29 is 0 Å². The molecule has 0 aromatic carbocycles. The van der Waals surface area contributed by atoms with Crippen LogP contribution in [0.4, 0.5) is 0 Å². The van der Waals surface area contributed by atoms with Crippen molar-refractivity contribution in [2.45, 2.75) is 245 Å². The van der Waals surface area contributed by atoms with Gasteiger partial charge in [-0.2, -0.15) is 0 Å². The molecule has 0 radical (unpaired) electrons. The summed E-state index contributed by atoms with van der Waals surface area (Å²) in [6, 6.07) is 0. The van der Waals surface area contributed by atoms with E-state index >= 15 is 0 Å². The summed E-state index contributed by atoms with van der Waals surface area (Å²) in [5.74, 6) is 0. The van der Waals surface area contributed by atoms with Crippen LogP contribution in [0.2, 0.25) is 0 Å². The minimum Gasteiger partial charge on any atom is -0.356 e. The third-order valence-electron chi connectivity index (χ3n) is 10.3. The van der Waals surface area contributed by atoms with E-state index in [9.17, 15) is 0 Å². The zero-order valence-electron chi connectivity index (χ0n) is 31.1. The van der Waals surface area contributed by atoms with Crippen molar-refractivity contribution in [3.05, 3.63) is 12.4 Å². The van der Waals surface area contributed by atoms with E-state index in [1.54, 1.807) is 0 Å². The maximum absolute atomic E-state index is 2.72. The van der Waals surface area contributed by atoms with Crippen molar-refractivity contribution in [2.75, 3.05) is 13.1 Å². The molecule has 1 rings (SSSR count). The van der Waals surface area contributed by atoms with Crippen molar-refractivity contribution in [3.8, 4) is 0 Å². The van der Waals surface area contributed by atoms with Gasteiger partial charge in [-0.1, -0.05) is 213 Å². The van der Waals surface area contributed by atoms with Crippen LogP contribution in [-0.4, -0.2) is 29.1 Å². The summed E-state index contributed by atoms with van der Waals surface area (Å²) >= 11 is 0. The van der Waals surface area contributed by atoms with Gasteiger partial charge in [-0.3, -0.25) is 0 Å². The van der Waals surface area contributed by atoms with Gasteiger partial charge in [0.15, 0.2) is 0 Å². The quantitative estimate of drug-likeness (QED) is 0.0646. The molecule has 2 heteroatoms. The second-order valence-corrected chi connectivity index (χ2v) is 14.6. The lowest BCUT2D eigenvalue weighted by molar-refractivity contribution is 0.135. The smallest absolute Gasteiger partial charge is 0.101 e. The van der Waals surface area contributed by atoms with Gasteiger partial charge in [-0.25, -0.2) is 0 Å². The predicted octanol–water partition coefficient (Wildman–Crippen LogP) is 14.7. The summed E-state index contributed by atoms with van der Waals surface area (Å²) < 4.78 is 0. The molecule has 1 aliphatic rings. The average molecular weight is 617 g/mol. The zero-order valence-corrected chi connectivity index (χ0v) is 31.1. The molecule has 0 amide bonds. The van der Waals surface area contributed by atoms with Gasteiger partial charge < -0.3 is 9.80 Å². The Bertz CT molecular complexity index is 532. The van der Waals surface area contributed by atoms with Crippen LogP contribution in [0.5, 0.6) is 0 Å². The number of unbranched alkanes of at least 4 members (excludes halogenated alkanes) is 30. The largest absolute Gasteiger partial charge is 0.356 e. The fraction of sp³-hybridized carbons (Fsp3) is 0.952. The fourth-order valence-electron chi connectivity index (χ4n) is 7.25. The van der Waals surface area contributed by atoms with Crippen LogP contribution >= 0.6 is 0 Å². The molecule has 0 unspecified atom stereocenters. The van der Waals surface area contributed by atoms with E-state index in [2.05, 4.69) is 43.0 Å². The molecular formula is C42H84N2. The van der Waals surface area contributed by atoms with Crippen molar-refractivity contribution in [2.24, 2.45) is 0 Å². The lowest BCUT2D eigenvalue weighted by Crippen LogP contribution is -2.39. The van der Waals surface area contributed by atoms with Crippen LogP contribution in [0.1, 0.15) is 239 Å². The first-order chi connectivity index (χ1) is 21.8. The van der Waals surface area contributed by atoms with E-state index in [0.717, 1.165) is 0 Å². The first-order valence-electron chi connectivity index (χ1n) is 21.0. The van der Waals surface area contributed by atoms with E-state index in [0.29, 0.717) is 6.17 Å². The van der Waals surface area contributed by atoms with Gasteiger partial charge in [0.2, 0.25) is 0 Å².